The zero-order valence-electron chi connectivity index (χ0n) is 14.9. The normalized spacial score (nSPS) is 39.1. The Kier molecular flexibility index (Phi) is 5.72. The Morgan fingerprint density at radius 2 is 1.90 bits per heavy atom. The van der Waals surface area contributed by atoms with E-state index in [1.165, 1.54) is 51.9 Å². The Balaban J connectivity index is 2.05. The molecule has 0 aromatic heterocycles. The Morgan fingerprint density at radius 1 is 1.19 bits per heavy atom. The maximum Gasteiger partial charge on any atom is 0.0220 e. The molecule has 124 valence electrons. The van der Waals surface area contributed by atoms with Gasteiger partial charge >= 0.3 is 0 Å². The van der Waals surface area contributed by atoms with Crippen molar-refractivity contribution in [2.45, 2.75) is 65.5 Å². The highest BCUT2D eigenvalue weighted by Crippen LogP contribution is 2.44. The zero-order chi connectivity index (χ0) is 15.6. The first-order valence-electron chi connectivity index (χ1n) is 9.04. The monoisotopic (exact) mass is 295 g/mol. The number of rotatable bonds is 3. The summed E-state index contributed by atoms with van der Waals surface area (Å²) < 4.78 is 0. The third-order valence-electron chi connectivity index (χ3n) is 6.67. The van der Waals surface area contributed by atoms with Gasteiger partial charge in [0.25, 0.3) is 0 Å². The molecule has 0 amide bonds. The molecule has 4 atom stereocenters. The molecular weight excluding hydrogens is 258 g/mol. The second-order valence-electron chi connectivity index (χ2n) is 8.22. The number of hydrogen-bond donors (Lipinski definition) is 1. The summed E-state index contributed by atoms with van der Waals surface area (Å²) in [5.41, 5.74) is 6.69. The molecule has 3 heteroatoms. The summed E-state index contributed by atoms with van der Waals surface area (Å²) in [6, 6.07) is 1.13. The highest BCUT2D eigenvalue weighted by Gasteiger charge is 2.42. The van der Waals surface area contributed by atoms with Crippen LogP contribution in [0.3, 0.4) is 0 Å². The van der Waals surface area contributed by atoms with Gasteiger partial charge in [-0.05, 0) is 63.1 Å². The average molecular weight is 296 g/mol. The largest absolute Gasteiger partial charge is 0.327 e. The van der Waals surface area contributed by atoms with E-state index in [-0.39, 0.29) is 0 Å². The second kappa shape index (κ2) is 6.97. The van der Waals surface area contributed by atoms with Gasteiger partial charge in [0.05, 0.1) is 0 Å². The maximum absolute atomic E-state index is 6.33. The van der Waals surface area contributed by atoms with Crippen LogP contribution in [-0.2, 0) is 0 Å². The Labute approximate surface area is 132 Å². The molecule has 1 aliphatic carbocycles. The molecule has 1 heterocycles. The first kappa shape index (κ1) is 17.2. The minimum Gasteiger partial charge on any atom is -0.327 e. The first-order valence-corrected chi connectivity index (χ1v) is 9.04. The van der Waals surface area contributed by atoms with Crippen molar-refractivity contribution in [3.63, 3.8) is 0 Å². The predicted octanol–water partition coefficient (Wildman–Crippen LogP) is 2.80. The van der Waals surface area contributed by atoms with Crippen LogP contribution in [0.1, 0.15) is 53.4 Å². The lowest BCUT2D eigenvalue weighted by atomic mass is 9.61. The van der Waals surface area contributed by atoms with E-state index in [0.29, 0.717) is 17.4 Å². The zero-order valence-corrected chi connectivity index (χ0v) is 14.9. The van der Waals surface area contributed by atoms with Gasteiger partial charge < -0.3 is 10.6 Å². The fourth-order valence-electron chi connectivity index (χ4n) is 4.47. The SMILES string of the molecule is CCC1CN(C)CCCN1CC1CCC(N)C(C)C1(C)C. The molecule has 2 fully saturated rings. The van der Waals surface area contributed by atoms with Gasteiger partial charge in [-0.1, -0.05) is 27.7 Å². The van der Waals surface area contributed by atoms with Crippen molar-refractivity contribution < 1.29 is 0 Å². The van der Waals surface area contributed by atoms with Crippen molar-refractivity contribution in [3.05, 3.63) is 0 Å². The maximum atomic E-state index is 6.33. The molecule has 0 aromatic rings. The molecule has 21 heavy (non-hydrogen) atoms. The average Bonchev–Trinajstić information content (AvgIpc) is 2.61. The Morgan fingerprint density at radius 3 is 2.57 bits per heavy atom. The standard InChI is InChI=1S/C18H37N3/c1-6-16-13-20(5)10-7-11-21(16)12-15-8-9-17(19)14(2)18(15,3)4/h14-17H,6-13,19H2,1-5H3. The molecule has 1 saturated carbocycles. The Hall–Kier alpha value is -0.120. The van der Waals surface area contributed by atoms with Gasteiger partial charge in [-0.25, -0.2) is 0 Å². The van der Waals surface area contributed by atoms with Gasteiger partial charge in [-0.3, -0.25) is 4.90 Å². The van der Waals surface area contributed by atoms with Crippen molar-refractivity contribution in [1.82, 2.24) is 9.80 Å². The van der Waals surface area contributed by atoms with Crippen LogP contribution >= 0.6 is 0 Å². The van der Waals surface area contributed by atoms with Crippen LogP contribution in [0, 0.1) is 17.3 Å². The lowest BCUT2D eigenvalue weighted by Gasteiger charge is -2.49. The highest BCUT2D eigenvalue weighted by molar-refractivity contribution is 4.95. The topological polar surface area (TPSA) is 32.5 Å². The number of nitrogens with zero attached hydrogens (tertiary/aromatic N) is 2. The molecule has 0 radical (unpaired) electrons. The number of likely N-dealkylation sites (N-methyl/N-ethyl adjacent to an activating group) is 1. The number of hydrogen-bond acceptors (Lipinski definition) is 3. The van der Waals surface area contributed by atoms with Crippen molar-refractivity contribution >= 4 is 0 Å². The molecule has 1 aliphatic heterocycles. The summed E-state index contributed by atoms with van der Waals surface area (Å²) in [7, 11) is 2.28. The van der Waals surface area contributed by atoms with Gasteiger partial charge in [0.1, 0.15) is 0 Å². The lowest BCUT2D eigenvalue weighted by molar-refractivity contribution is 0.0184. The summed E-state index contributed by atoms with van der Waals surface area (Å²) >= 11 is 0. The van der Waals surface area contributed by atoms with Crippen LogP contribution in [0.5, 0.6) is 0 Å². The molecule has 2 aliphatic rings. The van der Waals surface area contributed by atoms with Gasteiger partial charge in [-0.15, -0.1) is 0 Å². The third kappa shape index (κ3) is 3.80. The van der Waals surface area contributed by atoms with E-state index in [0.717, 1.165) is 12.0 Å². The van der Waals surface area contributed by atoms with E-state index in [9.17, 15) is 0 Å². The van der Waals surface area contributed by atoms with Crippen LogP contribution in [0.15, 0.2) is 0 Å². The molecule has 2 rings (SSSR count). The van der Waals surface area contributed by atoms with E-state index in [1.54, 1.807) is 0 Å². The molecule has 0 aromatic carbocycles. The minimum absolute atomic E-state index is 0.369. The summed E-state index contributed by atoms with van der Waals surface area (Å²) in [5, 5.41) is 0. The predicted molar refractivity (Wildman–Crippen MR) is 91.4 cm³/mol. The van der Waals surface area contributed by atoms with Gasteiger partial charge in [-0.2, -0.15) is 0 Å². The molecule has 3 nitrogen and oxygen atoms in total. The fourth-order valence-corrected chi connectivity index (χ4v) is 4.47. The van der Waals surface area contributed by atoms with Crippen LogP contribution in [-0.4, -0.2) is 55.1 Å². The van der Waals surface area contributed by atoms with E-state index < -0.39 is 0 Å². The number of nitrogens with two attached hydrogens (primary N) is 1. The Bertz CT molecular complexity index is 328. The highest BCUT2D eigenvalue weighted by atomic mass is 15.2. The van der Waals surface area contributed by atoms with E-state index >= 15 is 0 Å². The molecule has 0 spiro atoms. The van der Waals surface area contributed by atoms with Crippen LogP contribution < -0.4 is 5.73 Å². The summed E-state index contributed by atoms with van der Waals surface area (Å²) in [6.07, 6.45) is 5.10. The van der Waals surface area contributed by atoms with Gasteiger partial charge in [0.15, 0.2) is 0 Å². The molecule has 2 N–H and O–H groups in total. The molecular formula is C18H37N3. The van der Waals surface area contributed by atoms with Crippen molar-refractivity contribution in [2.75, 3.05) is 33.2 Å². The summed E-state index contributed by atoms with van der Waals surface area (Å²) in [6.45, 7) is 14.7. The van der Waals surface area contributed by atoms with Gasteiger partial charge in [0.2, 0.25) is 0 Å². The summed E-state index contributed by atoms with van der Waals surface area (Å²) in [4.78, 5) is 5.30. The lowest BCUT2D eigenvalue weighted by Crippen LogP contribution is -2.51. The van der Waals surface area contributed by atoms with E-state index in [4.69, 9.17) is 5.73 Å². The quantitative estimate of drug-likeness (QED) is 0.869. The smallest absolute Gasteiger partial charge is 0.0220 e. The minimum atomic E-state index is 0.369. The molecule has 4 unspecified atom stereocenters. The van der Waals surface area contributed by atoms with Crippen molar-refractivity contribution in [1.29, 1.82) is 0 Å². The molecule has 1 saturated heterocycles. The summed E-state index contributed by atoms with van der Waals surface area (Å²) in [5.74, 6) is 1.43. The van der Waals surface area contributed by atoms with Crippen LogP contribution in [0.25, 0.3) is 0 Å². The van der Waals surface area contributed by atoms with Crippen molar-refractivity contribution in [2.24, 2.45) is 23.0 Å². The van der Waals surface area contributed by atoms with Crippen LogP contribution in [0.2, 0.25) is 0 Å². The first-order chi connectivity index (χ1) is 9.86. The van der Waals surface area contributed by atoms with E-state index in [2.05, 4.69) is 44.5 Å². The van der Waals surface area contributed by atoms with Gasteiger partial charge in [0, 0.05) is 25.2 Å². The van der Waals surface area contributed by atoms with Crippen LogP contribution in [0.4, 0.5) is 0 Å². The van der Waals surface area contributed by atoms with E-state index in [1.807, 2.05) is 0 Å². The fraction of sp³-hybridized carbons (Fsp3) is 1.00. The third-order valence-corrected chi connectivity index (χ3v) is 6.67. The van der Waals surface area contributed by atoms with Crippen molar-refractivity contribution in [3.8, 4) is 0 Å². The molecule has 0 bridgehead atoms. The second-order valence-corrected chi connectivity index (χ2v) is 8.22.